The summed E-state index contributed by atoms with van der Waals surface area (Å²) in [5.41, 5.74) is 4.28. The Hall–Kier alpha value is -4.43. The van der Waals surface area contributed by atoms with Gasteiger partial charge in [0.05, 0.1) is 18.1 Å². The van der Waals surface area contributed by atoms with Gasteiger partial charge in [-0.1, -0.05) is 52.3 Å². The summed E-state index contributed by atoms with van der Waals surface area (Å²) in [6.45, 7) is 0.0838. The highest BCUT2D eigenvalue weighted by Gasteiger charge is 2.16. The van der Waals surface area contributed by atoms with E-state index < -0.39 is 0 Å². The molecule has 7 nitrogen and oxygen atoms in total. The van der Waals surface area contributed by atoms with Gasteiger partial charge < -0.3 is 19.9 Å². The fourth-order valence-electron chi connectivity index (χ4n) is 4.04. The molecule has 0 bridgehead atoms. The Kier molecular flexibility index (Phi) is 7.00. The summed E-state index contributed by atoms with van der Waals surface area (Å²) >= 11 is 3.43. The van der Waals surface area contributed by atoms with Crippen molar-refractivity contribution in [1.29, 1.82) is 0 Å². The smallest absolute Gasteiger partial charge is 0.255 e. The molecule has 184 valence electrons. The van der Waals surface area contributed by atoms with Crippen molar-refractivity contribution >= 4 is 50.2 Å². The fourth-order valence-corrected chi connectivity index (χ4v) is 4.44. The molecule has 1 heterocycles. The lowest BCUT2D eigenvalue weighted by atomic mass is 10.1. The molecule has 0 spiro atoms. The van der Waals surface area contributed by atoms with E-state index in [-0.39, 0.29) is 18.4 Å². The number of hydrogen-bond acceptors (Lipinski definition) is 4. The number of benzene rings is 4. The molecule has 0 radical (unpaired) electrons. The largest absolute Gasteiger partial charge is 0.497 e. The summed E-state index contributed by atoms with van der Waals surface area (Å²) < 4.78 is 7.98. The Labute approximate surface area is 222 Å². The van der Waals surface area contributed by atoms with Gasteiger partial charge in [-0.2, -0.15) is 0 Å². The third-order valence-electron chi connectivity index (χ3n) is 5.80. The highest BCUT2D eigenvalue weighted by molar-refractivity contribution is 9.10. The average Bonchev–Trinajstić information content (AvgIpc) is 3.27. The van der Waals surface area contributed by atoms with Crippen LogP contribution in [-0.4, -0.2) is 28.5 Å². The third kappa shape index (κ3) is 5.54. The topological polar surface area (TPSA) is 85.2 Å². The number of ether oxygens (including phenoxy) is 1. The van der Waals surface area contributed by atoms with Gasteiger partial charge >= 0.3 is 0 Å². The highest BCUT2D eigenvalue weighted by atomic mass is 79.9. The van der Waals surface area contributed by atoms with Crippen molar-refractivity contribution in [3.8, 4) is 17.1 Å². The number of halogens is 1. The number of aromatic nitrogens is 2. The standard InChI is InChI=1S/C29H23BrN4O3/c1-37-24-9-5-8-23(17-24)32-29(36)20-14-12-19(13-15-20)28-33-25-10-2-3-11-26(25)34(28)18-27(35)31-22-7-4-6-21(30)16-22/h2-17H,18H2,1H3,(H,31,35)(H,32,36). The second-order valence-electron chi connectivity index (χ2n) is 8.33. The van der Waals surface area contributed by atoms with E-state index in [1.54, 1.807) is 31.4 Å². The van der Waals surface area contributed by atoms with Crippen LogP contribution in [0.5, 0.6) is 5.75 Å². The highest BCUT2D eigenvalue weighted by Crippen LogP contribution is 2.26. The lowest BCUT2D eigenvalue weighted by molar-refractivity contribution is -0.116. The monoisotopic (exact) mass is 554 g/mol. The van der Waals surface area contributed by atoms with E-state index in [2.05, 4.69) is 26.6 Å². The molecule has 0 aliphatic carbocycles. The number of amides is 2. The van der Waals surface area contributed by atoms with E-state index in [9.17, 15) is 9.59 Å². The summed E-state index contributed by atoms with van der Waals surface area (Å²) in [7, 11) is 1.58. The van der Waals surface area contributed by atoms with Gasteiger partial charge in [-0.3, -0.25) is 9.59 Å². The van der Waals surface area contributed by atoms with Gasteiger partial charge in [0.25, 0.3) is 5.91 Å². The maximum Gasteiger partial charge on any atom is 0.255 e. The number of anilines is 2. The van der Waals surface area contributed by atoms with Crippen molar-refractivity contribution < 1.29 is 14.3 Å². The molecule has 37 heavy (non-hydrogen) atoms. The molecule has 0 saturated heterocycles. The van der Waals surface area contributed by atoms with Gasteiger partial charge in [0.1, 0.15) is 18.1 Å². The Bertz CT molecular complexity index is 1590. The minimum Gasteiger partial charge on any atom is -0.497 e. The lowest BCUT2D eigenvalue weighted by Crippen LogP contribution is -2.19. The van der Waals surface area contributed by atoms with E-state index in [0.29, 0.717) is 28.5 Å². The summed E-state index contributed by atoms with van der Waals surface area (Å²) in [6, 6.07) is 29.5. The zero-order valence-electron chi connectivity index (χ0n) is 19.9. The average molecular weight is 555 g/mol. The maximum absolute atomic E-state index is 12.9. The van der Waals surface area contributed by atoms with Gasteiger partial charge in [-0.25, -0.2) is 4.98 Å². The number of imidazole rings is 1. The second kappa shape index (κ2) is 10.7. The predicted molar refractivity (Wildman–Crippen MR) is 149 cm³/mol. The number of nitrogens with zero attached hydrogens (tertiary/aromatic N) is 2. The summed E-state index contributed by atoms with van der Waals surface area (Å²) in [5, 5.41) is 5.82. The Morgan fingerprint density at radius 1 is 0.865 bits per heavy atom. The quantitative estimate of drug-likeness (QED) is 0.245. The van der Waals surface area contributed by atoms with Gasteiger partial charge in [-0.05, 0) is 54.6 Å². The molecule has 4 aromatic carbocycles. The van der Waals surface area contributed by atoms with Crippen molar-refractivity contribution in [2.75, 3.05) is 17.7 Å². The number of nitrogens with one attached hydrogen (secondary N) is 2. The Balaban J connectivity index is 1.39. The first-order valence-electron chi connectivity index (χ1n) is 11.6. The molecule has 2 N–H and O–H groups in total. The van der Waals surface area contributed by atoms with Crippen molar-refractivity contribution in [3.63, 3.8) is 0 Å². The van der Waals surface area contributed by atoms with Crippen molar-refractivity contribution in [2.45, 2.75) is 6.54 Å². The van der Waals surface area contributed by atoms with E-state index in [1.165, 1.54) is 0 Å². The fraction of sp³-hybridized carbons (Fsp3) is 0.0690. The summed E-state index contributed by atoms with van der Waals surface area (Å²) in [6.07, 6.45) is 0. The van der Waals surface area contributed by atoms with Crippen LogP contribution in [0.25, 0.3) is 22.4 Å². The SMILES string of the molecule is COc1cccc(NC(=O)c2ccc(-c3nc4ccccc4n3CC(=O)Nc3cccc(Br)c3)cc2)c1. The van der Waals surface area contributed by atoms with Crippen LogP contribution in [0.2, 0.25) is 0 Å². The summed E-state index contributed by atoms with van der Waals surface area (Å²) in [4.78, 5) is 30.5. The number of carbonyl (C=O) groups is 2. The Morgan fingerprint density at radius 3 is 2.35 bits per heavy atom. The van der Waals surface area contributed by atoms with Crippen molar-refractivity contribution in [1.82, 2.24) is 9.55 Å². The van der Waals surface area contributed by atoms with Crippen LogP contribution in [-0.2, 0) is 11.3 Å². The van der Waals surface area contributed by atoms with Crippen LogP contribution in [0.15, 0.2) is 102 Å². The molecular formula is C29H23BrN4O3. The number of carbonyl (C=O) groups excluding carboxylic acids is 2. The molecule has 2 amide bonds. The molecule has 8 heteroatoms. The molecule has 0 aliphatic heterocycles. The van der Waals surface area contributed by atoms with Crippen LogP contribution >= 0.6 is 15.9 Å². The molecule has 0 unspecified atom stereocenters. The van der Waals surface area contributed by atoms with E-state index in [1.807, 2.05) is 77.4 Å². The molecule has 1 aromatic heterocycles. The minimum atomic E-state index is -0.235. The first kappa shape index (κ1) is 24.3. The van der Waals surface area contributed by atoms with Gasteiger partial charge in [-0.15, -0.1) is 0 Å². The molecule has 0 aliphatic rings. The molecular weight excluding hydrogens is 532 g/mol. The van der Waals surface area contributed by atoms with Crippen LogP contribution in [0, 0.1) is 0 Å². The van der Waals surface area contributed by atoms with Crippen LogP contribution in [0.3, 0.4) is 0 Å². The van der Waals surface area contributed by atoms with Gasteiger partial charge in [0, 0.05) is 33.0 Å². The molecule has 0 fully saturated rings. The molecule has 5 aromatic rings. The zero-order chi connectivity index (χ0) is 25.8. The van der Waals surface area contributed by atoms with E-state index in [4.69, 9.17) is 9.72 Å². The van der Waals surface area contributed by atoms with Gasteiger partial charge in [0.2, 0.25) is 5.91 Å². The number of hydrogen-bond donors (Lipinski definition) is 2. The third-order valence-corrected chi connectivity index (χ3v) is 6.29. The van der Waals surface area contributed by atoms with Crippen LogP contribution < -0.4 is 15.4 Å². The molecule has 0 saturated carbocycles. The lowest BCUT2D eigenvalue weighted by Gasteiger charge is -2.11. The number of methoxy groups -OCH3 is 1. The second-order valence-corrected chi connectivity index (χ2v) is 9.25. The molecule has 0 atom stereocenters. The zero-order valence-corrected chi connectivity index (χ0v) is 21.5. The van der Waals surface area contributed by atoms with Crippen molar-refractivity contribution in [2.24, 2.45) is 0 Å². The normalized spacial score (nSPS) is 10.8. The summed E-state index contributed by atoms with van der Waals surface area (Å²) in [5.74, 6) is 0.903. The first-order chi connectivity index (χ1) is 18.0. The van der Waals surface area contributed by atoms with E-state index in [0.717, 1.165) is 21.1 Å². The van der Waals surface area contributed by atoms with Gasteiger partial charge in [0.15, 0.2) is 0 Å². The van der Waals surface area contributed by atoms with E-state index >= 15 is 0 Å². The van der Waals surface area contributed by atoms with Crippen LogP contribution in [0.1, 0.15) is 10.4 Å². The van der Waals surface area contributed by atoms with Crippen LogP contribution in [0.4, 0.5) is 11.4 Å². The molecule has 5 rings (SSSR count). The number of rotatable bonds is 7. The number of fused-ring (bicyclic) bond motifs is 1. The van der Waals surface area contributed by atoms with Crippen molar-refractivity contribution in [3.05, 3.63) is 107 Å². The number of para-hydroxylation sites is 2. The first-order valence-corrected chi connectivity index (χ1v) is 12.4. The predicted octanol–water partition coefficient (Wildman–Crippen LogP) is 6.37. The minimum absolute atomic E-state index is 0.0838. The maximum atomic E-state index is 12.9. The Morgan fingerprint density at radius 2 is 1.59 bits per heavy atom.